The Morgan fingerprint density at radius 3 is 2.61 bits per heavy atom. The normalized spacial score (nSPS) is 14.5. The molecule has 0 N–H and O–H groups in total. The van der Waals surface area contributed by atoms with Crippen LogP contribution in [0.15, 0.2) is 60.0 Å². The molecule has 0 saturated carbocycles. The van der Waals surface area contributed by atoms with E-state index in [0.717, 1.165) is 51.0 Å². The monoisotopic (exact) mass is 581 g/mol. The molecule has 0 atom stereocenters. The number of anilines is 1. The molecule has 2 aromatic heterocycles. The first kappa shape index (κ1) is 29.5. The van der Waals surface area contributed by atoms with Gasteiger partial charge in [-0.1, -0.05) is 6.07 Å². The van der Waals surface area contributed by atoms with Crippen molar-refractivity contribution in [3.8, 4) is 11.6 Å². The number of pyridine rings is 1. The van der Waals surface area contributed by atoms with Crippen LogP contribution in [0.5, 0.6) is 11.6 Å². The van der Waals surface area contributed by atoms with Crippen LogP contribution in [-0.2, 0) is 9.09 Å². The summed E-state index contributed by atoms with van der Waals surface area (Å²) in [5.74, 6) is 0.860. The van der Waals surface area contributed by atoms with Crippen LogP contribution in [0.4, 0.5) is 5.69 Å². The average molecular weight is 582 g/mol. The summed E-state index contributed by atoms with van der Waals surface area (Å²) < 4.78 is 27.0. The Morgan fingerprint density at radius 1 is 0.974 bits per heavy atom. The van der Waals surface area contributed by atoms with Crippen molar-refractivity contribution in [2.75, 3.05) is 51.0 Å². The van der Waals surface area contributed by atoms with Crippen LogP contribution >= 0.6 is 19.2 Å². The Morgan fingerprint density at radius 2 is 1.79 bits per heavy atom. The van der Waals surface area contributed by atoms with Crippen molar-refractivity contribution in [1.29, 1.82) is 0 Å². The molecule has 1 fully saturated rings. The number of fused-ring (bicyclic) bond motifs is 2. The maximum atomic E-state index is 10.5. The third kappa shape index (κ3) is 8.03. The minimum atomic E-state index is -5.09. The van der Waals surface area contributed by atoms with Gasteiger partial charge in [-0.2, -0.15) is 0 Å². The van der Waals surface area contributed by atoms with Crippen molar-refractivity contribution < 1.29 is 28.3 Å². The van der Waals surface area contributed by atoms with Gasteiger partial charge in [0.25, 0.3) is 0 Å². The van der Waals surface area contributed by atoms with Crippen molar-refractivity contribution in [3.63, 3.8) is 0 Å². The molecule has 38 heavy (non-hydrogen) atoms. The van der Waals surface area contributed by atoms with Crippen LogP contribution in [0.25, 0.3) is 21.0 Å². The number of rotatable bonds is 11. The van der Waals surface area contributed by atoms with Crippen LogP contribution in [0, 0.1) is 0 Å². The van der Waals surface area contributed by atoms with Crippen molar-refractivity contribution in [1.82, 2.24) is 9.88 Å². The minimum Gasteiger partial charge on any atom is -0.790 e. The van der Waals surface area contributed by atoms with E-state index in [0.29, 0.717) is 17.9 Å². The number of hydrogen-bond acceptors (Lipinski definition) is 10. The maximum absolute atomic E-state index is 10.5. The summed E-state index contributed by atoms with van der Waals surface area (Å²) in [6.45, 7) is 5.17. The quantitative estimate of drug-likeness (QED) is 0.114. The number of benzene rings is 2. The van der Waals surface area contributed by atoms with E-state index in [1.807, 2.05) is 18.2 Å². The molecule has 0 unspecified atom stereocenters. The summed E-state index contributed by atoms with van der Waals surface area (Å²) in [4.78, 5) is 30.4. The maximum Gasteiger partial charge on any atom is 2.00 e. The van der Waals surface area contributed by atoms with E-state index >= 15 is 0 Å². The SMILES string of the molecule is O=P([O-])([O-])OCOc1ccc2ccc(OCCCCN3CCN(c4cccc5sccc45)CC3)cc2n1.[Ca+2]. The fourth-order valence-corrected chi connectivity index (χ4v) is 5.48. The zero-order valence-corrected chi connectivity index (χ0v) is 24.9. The summed E-state index contributed by atoms with van der Waals surface area (Å²) in [6.07, 6.45) is 2.01. The van der Waals surface area contributed by atoms with Crippen LogP contribution in [0.2, 0.25) is 0 Å². The van der Waals surface area contributed by atoms with Gasteiger partial charge in [0.1, 0.15) is 5.75 Å². The van der Waals surface area contributed by atoms with Gasteiger partial charge in [0.05, 0.1) is 19.9 Å². The second kappa shape index (κ2) is 13.7. The first-order valence-corrected chi connectivity index (χ1v) is 14.6. The van der Waals surface area contributed by atoms with Gasteiger partial charge in [0.2, 0.25) is 5.88 Å². The molecule has 1 aliphatic rings. The largest absolute Gasteiger partial charge is 2.00 e. The van der Waals surface area contributed by atoms with E-state index in [-0.39, 0.29) is 43.6 Å². The van der Waals surface area contributed by atoms with E-state index in [4.69, 9.17) is 9.47 Å². The fourth-order valence-electron chi connectivity index (χ4n) is 4.49. The number of nitrogens with zero attached hydrogens (tertiary/aromatic N) is 3. The van der Waals surface area contributed by atoms with Crippen LogP contribution in [0.3, 0.4) is 0 Å². The molecular weight excluding hydrogens is 553 g/mol. The molecule has 5 rings (SSSR count). The summed E-state index contributed by atoms with van der Waals surface area (Å²) in [5.41, 5.74) is 1.98. The smallest absolute Gasteiger partial charge is 0.790 e. The molecule has 1 aliphatic heterocycles. The zero-order chi connectivity index (χ0) is 25.7. The Hall–Kier alpha value is -1.46. The summed E-state index contributed by atoms with van der Waals surface area (Å²) >= 11 is 1.79. The van der Waals surface area contributed by atoms with Gasteiger partial charge < -0.3 is 33.2 Å². The van der Waals surface area contributed by atoms with E-state index in [2.05, 4.69) is 49.0 Å². The van der Waals surface area contributed by atoms with E-state index in [9.17, 15) is 14.4 Å². The summed E-state index contributed by atoms with van der Waals surface area (Å²) in [7, 11) is -5.09. The zero-order valence-electron chi connectivity index (χ0n) is 21.0. The third-order valence-electron chi connectivity index (χ3n) is 6.38. The molecule has 0 amide bonds. The average Bonchev–Trinajstić information content (AvgIpc) is 3.37. The molecule has 4 aromatic rings. The fraction of sp³-hybridized carbons (Fsp3) is 0.346. The number of unbranched alkanes of at least 4 members (excludes halogenated alkanes) is 1. The van der Waals surface area contributed by atoms with Gasteiger partial charge in [-0.25, -0.2) is 4.98 Å². The van der Waals surface area contributed by atoms with Gasteiger partial charge >= 0.3 is 37.7 Å². The number of phosphoric acid groups is 1. The van der Waals surface area contributed by atoms with Gasteiger partial charge in [-0.15, -0.1) is 11.3 Å². The number of ether oxygens (including phenoxy) is 2. The van der Waals surface area contributed by atoms with Gasteiger partial charge in [0.15, 0.2) is 6.79 Å². The first-order chi connectivity index (χ1) is 17.9. The van der Waals surface area contributed by atoms with Crippen LogP contribution in [-0.4, -0.2) is 93.7 Å². The molecule has 2 aromatic carbocycles. The second-order valence-electron chi connectivity index (χ2n) is 8.84. The van der Waals surface area contributed by atoms with E-state index < -0.39 is 14.6 Å². The second-order valence-corrected chi connectivity index (χ2v) is 10.9. The molecular formula is C26H28CaN3O6PS. The number of hydrogen-bond donors (Lipinski definition) is 0. The minimum absolute atomic E-state index is 0. The Kier molecular flexibility index (Phi) is 10.7. The predicted octanol–water partition coefficient (Wildman–Crippen LogP) is 3.23. The molecule has 0 aliphatic carbocycles. The van der Waals surface area contributed by atoms with Crippen molar-refractivity contribution in [2.24, 2.45) is 0 Å². The van der Waals surface area contributed by atoms with Crippen LogP contribution in [0.1, 0.15) is 12.8 Å². The van der Waals surface area contributed by atoms with Crippen molar-refractivity contribution >= 4 is 83.6 Å². The van der Waals surface area contributed by atoms with E-state index in [1.165, 1.54) is 15.8 Å². The predicted molar refractivity (Wildman–Crippen MR) is 147 cm³/mol. The molecule has 0 bridgehead atoms. The molecule has 0 radical (unpaired) electrons. The molecule has 3 heterocycles. The van der Waals surface area contributed by atoms with Gasteiger partial charge in [-0.3, -0.25) is 4.90 Å². The van der Waals surface area contributed by atoms with E-state index in [1.54, 1.807) is 23.5 Å². The summed E-state index contributed by atoms with van der Waals surface area (Å²) in [6, 6.07) is 17.8. The Bertz CT molecular complexity index is 1390. The van der Waals surface area contributed by atoms with Crippen LogP contribution < -0.4 is 24.2 Å². The van der Waals surface area contributed by atoms with Crippen molar-refractivity contribution in [2.45, 2.75) is 12.8 Å². The number of thiophene rings is 1. The van der Waals surface area contributed by atoms with Gasteiger partial charge in [0, 0.05) is 59.5 Å². The van der Waals surface area contributed by atoms with Crippen molar-refractivity contribution in [3.05, 3.63) is 60.0 Å². The molecule has 1 saturated heterocycles. The standard InChI is InChI=1S/C26H30N3O6PS.Ca/c30-36(31,32)35-19-34-26-9-7-20-6-8-21(18-23(20)27-26)33-16-2-1-11-28-12-14-29(15-13-28)24-4-3-5-25-22(24)10-17-37-25;/h3-10,17-18H,1-2,11-16,19H2,(H2,30,31,32);/q;+2/p-2. The number of phosphoric ester groups is 1. The van der Waals surface area contributed by atoms with Gasteiger partial charge in [-0.05, 0) is 61.2 Å². The molecule has 196 valence electrons. The number of aromatic nitrogens is 1. The molecule has 0 spiro atoms. The topological polar surface area (TPSA) is 110 Å². The third-order valence-corrected chi connectivity index (χ3v) is 7.68. The molecule has 12 heteroatoms. The number of piperazine rings is 1. The Balaban J connectivity index is 0.00000336. The first-order valence-electron chi connectivity index (χ1n) is 12.2. The summed E-state index contributed by atoms with van der Waals surface area (Å²) in [5, 5.41) is 4.40. The Labute approximate surface area is 255 Å². The molecule has 9 nitrogen and oxygen atoms in total.